The van der Waals surface area contributed by atoms with E-state index >= 15 is 0 Å². The van der Waals surface area contributed by atoms with Crippen LogP contribution in [0.2, 0.25) is 0 Å². The number of aryl methyl sites for hydroxylation is 2. The average Bonchev–Trinajstić information content (AvgIpc) is 3.11. The lowest BCUT2D eigenvalue weighted by Crippen LogP contribution is -2.27. The highest BCUT2D eigenvalue weighted by atomic mass is 32.2. The minimum Gasteiger partial charge on any atom is -0.490 e. The third-order valence-corrected chi connectivity index (χ3v) is 6.72. The molecule has 1 aliphatic heterocycles. The molecule has 1 atom stereocenters. The lowest BCUT2D eigenvalue weighted by molar-refractivity contribution is 0.0939. The quantitative estimate of drug-likeness (QED) is 0.393. The van der Waals surface area contributed by atoms with Gasteiger partial charge in [0, 0.05) is 29.1 Å². The summed E-state index contributed by atoms with van der Waals surface area (Å²) >= 11 is 1.48. The van der Waals surface area contributed by atoms with Crippen LogP contribution >= 0.6 is 11.8 Å². The van der Waals surface area contributed by atoms with Gasteiger partial charge < -0.3 is 14.8 Å². The number of hydrogen-bond acceptors (Lipinski definition) is 7. The molecule has 0 saturated carbocycles. The van der Waals surface area contributed by atoms with Crippen LogP contribution < -0.4 is 14.8 Å². The lowest BCUT2D eigenvalue weighted by Gasteiger charge is -2.17. The molecule has 9 heteroatoms. The molecular formula is C26H27N5O3S. The third kappa shape index (κ3) is 5.09. The lowest BCUT2D eigenvalue weighted by atomic mass is 10.1. The molecule has 0 saturated heterocycles. The highest BCUT2D eigenvalue weighted by Gasteiger charge is 2.18. The first-order chi connectivity index (χ1) is 17.0. The molecule has 0 bridgehead atoms. The molecule has 1 N–H and O–H groups in total. The summed E-state index contributed by atoms with van der Waals surface area (Å²) in [5.41, 5.74) is 4.40. The van der Waals surface area contributed by atoms with Crippen LogP contribution in [0.1, 0.15) is 52.3 Å². The van der Waals surface area contributed by atoms with E-state index in [9.17, 15) is 4.79 Å². The summed E-state index contributed by atoms with van der Waals surface area (Å²) < 4.78 is 13.3. The molecule has 3 heterocycles. The van der Waals surface area contributed by atoms with E-state index in [4.69, 9.17) is 9.47 Å². The van der Waals surface area contributed by atoms with E-state index in [1.54, 1.807) is 4.52 Å². The van der Waals surface area contributed by atoms with Gasteiger partial charge in [-0.05, 0) is 56.2 Å². The zero-order valence-electron chi connectivity index (χ0n) is 19.9. The minimum absolute atomic E-state index is 0.128. The van der Waals surface area contributed by atoms with Gasteiger partial charge in [-0.25, -0.2) is 9.50 Å². The Balaban J connectivity index is 1.29. The fraction of sp³-hybridized carbons (Fsp3) is 0.308. The number of thioether (sulfide) groups is 1. The molecule has 5 rings (SSSR count). The summed E-state index contributed by atoms with van der Waals surface area (Å²) in [4.78, 5) is 22.2. The van der Waals surface area contributed by atoms with Crippen molar-refractivity contribution >= 4 is 23.4 Å². The van der Waals surface area contributed by atoms with Crippen molar-refractivity contribution in [1.82, 2.24) is 24.9 Å². The zero-order chi connectivity index (χ0) is 24.4. The molecule has 180 valence electrons. The topological polar surface area (TPSA) is 90.6 Å². The first-order valence-electron chi connectivity index (χ1n) is 11.6. The Morgan fingerprint density at radius 3 is 2.74 bits per heavy atom. The van der Waals surface area contributed by atoms with Crippen molar-refractivity contribution in [1.29, 1.82) is 0 Å². The molecule has 35 heavy (non-hydrogen) atoms. The van der Waals surface area contributed by atoms with Crippen molar-refractivity contribution in [3.8, 4) is 11.5 Å². The molecule has 0 aliphatic carbocycles. The monoisotopic (exact) mass is 489 g/mol. The summed E-state index contributed by atoms with van der Waals surface area (Å²) in [7, 11) is 0. The van der Waals surface area contributed by atoms with E-state index in [0.29, 0.717) is 35.5 Å². The zero-order valence-corrected chi connectivity index (χ0v) is 20.8. The van der Waals surface area contributed by atoms with Crippen LogP contribution in [0.5, 0.6) is 11.5 Å². The van der Waals surface area contributed by atoms with E-state index in [2.05, 4.69) is 20.4 Å². The van der Waals surface area contributed by atoms with Gasteiger partial charge in [0.15, 0.2) is 11.5 Å². The standard InChI is InChI=1S/C26H27N5O3S/c1-16-13-17(2)31-25(27-16)29-26(30-31)35-15-20-7-4-5-8-21(20)24(32)28-18(3)19-9-10-22-23(14-19)34-12-6-11-33-22/h4-5,7-10,13-14,18H,6,11-12,15H2,1-3H3,(H,28,32). The number of fused-ring (bicyclic) bond motifs is 2. The summed E-state index contributed by atoms with van der Waals surface area (Å²) in [6.07, 6.45) is 0.853. The third-order valence-electron chi connectivity index (χ3n) is 5.84. The highest BCUT2D eigenvalue weighted by Crippen LogP contribution is 2.32. The van der Waals surface area contributed by atoms with Gasteiger partial charge in [-0.3, -0.25) is 4.79 Å². The second kappa shape index (κ2) is 9.95. The average molecular weight is 490 g/mol. The molecule has 1 unspecified atom stereocenters. The van der Waals surface area contributed by atoms with Crippen LogP contribution in [0.3, 0.4) is 0 Å². The predicted octanol–water partition coefficient (Wildman–Crippen LogP) is 4.69. The summed E-state index contributed by atoms with van der Waals surface area (Å²) in [6, 6.07) is 15.2. The predicted molar refractivity (Wildman–Crippen MR) is 134 cm³/mol. The van der Waals surface area contributed by atoms with Crippen molar-refractivity contribution in [3.05, 3.63) is 76.6 Å². The van der Waals surface area contributed by atoms with Crippen molar-refractivity contribution in [2.45, 2.75) is 44.1 Å². The van der Waals surface area contributed by atoms with Gasteiger partial charge in [0.05, 0.1) is 19.3 Å². The Morgan fingerprint density at radius 2 is 1.89 bits per heavy atom. The molecule has 1 amide bonds. The van der Waals surface area contributed by atoms with Gasteiger partial charge >= 0.3 is 0 Å². The van der Waals surface area contributed by atoms with Crippen LogP contribution in [0.15, 0.2) is 53.7 Å². The second-order valence-corrected chi connectivity index (χ2v) is 9.49. The summed E-state index contributed by atoms with van der Waals surface area (Å²) in [6.45, 7) is 7.16. The maximum Gasteiger partial charge on any atom is 0.253 e. The number of aromatic nitrogens is 4. The largest absolute Gasteiger partial charge is 0.490 e. The Labute approximate surface area is 208 Å². The summed E-state index contributed by atoms with van der Waals surface area (Å²) in [5, 5.41) is 8.30. The van der Waals surface area contributed by atoms with Gasteiger partial charge in [0.25, 0.3) is 11.7 Å². The van der Waals surface area contributed by atoms with Gasteiger partial charge in [-0.1, -0.05) is 36.0 Å². The number of nitrogens with one attached hydrogen (secondary N) is 1. The highest BCUT2D eigenvalue weighted by molar-refractivity contribution is 7.98. The van der Waals surface area contributed by atoms with Crippen molar-refractivity contribution < 1.29 is 14.3 Å². The molecule has 0 radical (unpaired) electrons. The first kappa shape index (κ1) is 23.2. The second-order valence-electron chi connectivity index (χ2n) is 8.54. The Hall–Kier alpha value is -3.59. The number of carbonyl (C=O) groups is 1. The maximum atomic E-state index is 13.2. The van der Waals surface area contributed by atoms with Crippen molar-refractivity contribution in [3.63, 3.8) is 0 Å². The van der Waals surface area contributed by atoms with E-state index in [1.807, 2.05) is 69.3 Å². The van der Waals surface area contributed by atoms with Crippen LogP contribution in [0.4, 0.5) is 0 Å². The van der Waals surface area contributed by atoms with E-state index in [0.717, 1.165) is 40.4 Å². The van der Waals surface area contributed by atoms with Crippen LogP contribution in [0.25, 0.3) is 5.78 Å². The maximum absolute atomic E-state index is 13.2. The Kier molecular flexibility index (Phi) is 6.59. The van der Waals surface area contributed by atoms with Crippen LogP contribution in [0, 0.1) is 13.8 Å². The van der Waals surface area contributed by atoms with Gasteiger partial charge in [0.2, 0.25) is 5.16 Å². The molecule has 8 nitrogen and oxygen atoms in total. The molecule has 0 fully saturated rings. The number of benzene rings is 2. The number of amides is 1. The fourth-order valence-corrected chi connectivity index (χ4v) is 4.85. The Morgan fingerprint density at radius 1 is 1.09 bits per heavy atom. The molecule has 4 aromatic rings. The summed E-state index contributed by atoms with van der Waals surface area (Å²) in [5.74, 6) is 2.49. The van der Waals surface area contributed by atoms with Crippen molar-refractivity contribution in [2.24, 2.45) is 0 Å². The van der Waals surface area contributed by atoms with E-state index in [1.165, 1.54) is 11.8 Å². The first-order valence-corrected chi connectivity index (χ1v) is 12.6. The number of nitrogens with zero attached hydrogens (tertiary/aromatic N) is 4. The van der Waals surface area contributed by atoms with E-state index < -0.39 is 0 Å². The SMILES string of the molecule is Cc1cc(C)n2nc(SCc3ccccc3C(=O)NC(C)c3ccc4c(c3)OCCCO4)nc2n1. The fourth-order valence-electron chi connectivity index (χ4n) is 4.03. The minimum atomic E-state index is -0.197. The van der Waals surface area contributed by atoms with Gasteiger partial charge in [0.1, 0.15) is 0 Å². The number of hydrogen-bond donors (Lipinski definition) is 1. The van der Waals surface area contributed by atoms with Gasteiger partial charge in [-0.15, -0.1) is 5.10 Å². The molecule has 1 aliphatic rings. The van der Waals surface area contributed by atoms with E-state index in [-0.39, 0.29) is 11.9 Å². The normalized spacial score (nSPS) is 13.9. The molecular weight excluding hydrogens is 462 g/mol. The van der Waals surface area contributed by atoms with Gasteiger partial charge in [-0.2, -0.15) is 4.98 Å². The smallest absolute Gasteiger partial charge is 0.253 e. The number of carbonyl (C=O) groups excluding carboxylic acids is 1. The molecule has 0 spiro atoms. The Bertz CT molecular complexity index is 1390. The molecule has 2 aromatic heterocycles. The van der Waals surface area contributed by atoms with Crippen LogP contribution in [-0.4, -0.2) is 38.7 Å². The number of ether oxygens (including phenoxy) is 2. The molecule has 2 aromatic carbocycles. The van der Waals surface area contributed by atoms with Crippen molar-refractivity contribution in [2.75, 3.05) is 13.2 Å². The number of rotatable bonds is 6. The van der Waals surface area contributed by atoms with Crippen LogP contribution in [-0.2, 0) is 5.75 Å².